The summed E-state index contributed by atoms with van der Waals surface area (Å²) >= 11 is 0. The number of benzene rings is 3. The van der Waals surface area contributed by atoms with Crippen molar-refractivity contribution in [3.05, 3.63) is 83.4 Å². The fraction of sp³-hybridized carbons (Fsp3) is 0.357. The molecule has 3 rings (SSSR count). The molecule has 146 valence electrons. The molecule has 0 spiro atoms. The molecule has 0 unspecified atom stereocenters. The Kier molecular flexibility index (Phi) is 7.48. The maximum absolute atomic E-state index is 2.39. The highest BCUT2D eigenvalue weighted by Crippen LogP contribution is 2.32. The van der Waals surface area contributed by atoms with E-state index in [2.05, 4.69) is 87.5 Å². The monoisotopic (exact) mass is 370 g/mol. The van der Waals surface area contributed by atoms with Crippen molar-refractivity contribution >= 4 is 0 Å². The lowest BCUT2D eigenvalue weighted by Gasteiger charge is -2.19. The van der Waals surface area contributed by atoms with Crippen molar-refractivity contribution in [3.63, 3.8) is 0 Å². The highest BCUT2D eigenvalue weighted by atomic mass is 14.2. The van der Waals surface area contributed by atoms with E-state index in [9.17, 15) is 0 Å². The average molecular weight is 371 g/mol. The molecule has 0 fully saturated rings. The molecule has 0 bridgehead atoms. The van der Waals surface area contributed by atoms with Gasteiger partial charge in [-0.15, -0.1) is 0 Å². The predicted molar refractivity (Wildman–Crippen MR) is 124 cm³/mol. The minimum atomic E-state index is 1.13. The summed E-state index contributed by atoms with van der Waals surface area (Å²) in [4.78, 5) is 0. The molecule has 3 aromatic carbocycles. The van der Waals surface area contributed by atoms with Crippen LogP contribution in [0.3, 0.4) is 0 Å². The summed E-state index contributed by atoms with van der Waals surface area (Å²) in [5.74, 6) is 0. The smallest absolute Gasteiger partial charge is 0.0149 e. The Bertz CT molecular complexity index is 857. The molecule has 3 aromatic rings. The lowest BCUT2D eigenvalue weighted by atomic mass is 9.86. The van der Waals surface area contributed by atoms with Crippen molar-refractivity contribution in [1.29, 1.82) is 0 Å². The third-order valence-electron chi connectivity index (χ3n) is 5.76. The molecule has 0 heterocycles. The van der Waals surface area contributed by atoms with Gasteiger partial charge >= 0.3 is 0 Å². The minimum Gasteiger partial charge on any atom is -0.0654 e. The van der Waals surface area contributed by atoms with E-state index in [0.29, 0.717) is 0 Å². The number of aryl methyl sites for hydroxylation is 1. The Labute approximate surface area is 171 Å². The maximum atomic E-state index is 2.39. The molecular weight excluding hydrogens is 336 g/mol. The number of hydrogen-bond donors (Lipinski definition) is 0. The van der Waals surface area contributed by atoms with Crippen LogP contribution in [-0.2, 0) is 19.3 Å². The first-order chi connectivity index (χ1) is 13.8. The van der Waals surface area contributed by atoms with Crippen molar-refractivity contribution in [1.82, 2.24) is 0 Å². The SMILES string of the molecule is CCCCc1ccc(-c2ccc(-c3ccccc3)cc2)c(CCCC)c1CC. The van der Waals surface area contributed by atoms with Crippen LogP contribution in [0, 0.1) is 0 Å². The van der Waals surface area contributed by atoms with Crippen LogP contribution in [0.4, 0.5) is 0 Å². The highest BCUT2D eigenvalue weighted by molar-refractivity contribution is 5.73. The average Bonchev–Trinajstić information content (AvgIpc) is 2.76. The van der Waals surface area contributed by atoms with Crippen molar-refractivity contribution in [2.24, 2.45) is 0 Å². The summed E-state index contributed by atoms with van der Waals surface area (Å²) in [5, 5.41) is 0. The molecule has 0 aliphatic rings. The van der Waals surface area contributed by atoms with Gasteiger partial charge in [0.1, 0.15) is 0 Å². The van der Waals surface area contributed by atoms with Crippen LogP contribution in [0.15, 0.2) is 66.7 Å². The molecular formula is C28H34. The Morgan fingerprint density at radius 3 is 1.79 bits per heavy atom. The fourth-order valence-electron chi connectivity index (χ4n) is 4.17. The van der Waals surface area contributed by atoms with Gasteiger partial charge in [-0.1, -0.05) is 100 Å². The normalized spacial score (nSPS) is 11.0. The summed E-state index contributed by atoms with van der Waals surface area (Å²) < 4.78 is 0. The van der Waals surface area contributed by atoms with E-state index in [1.54, 1.807) is 16.7 Å². The summed E-state index contributed by atoms with van der Waals surface area (Å²) in [6.07, 6.45) is 8.59. The van der Waals surface area contributed by atoms with Crippen molar-refractivity contribution in [3.8, 4) is 22.3 Å². The van der Waals surface area contributed by atoms with E-state index in [-0.39, 0.29) is 0 Å². The van der Waals surface area contributed by atoms with E-state index >= 15 is 0 Å². The fourth-order valence-corrected chi connectivity index (χ4v) is 4.17. The standard InChI is InChI=1S/C28H34/c1-4-7-12-24-20-21-27(28(15-8-5-2)26(24)6-3)25-18-16-23(17-19-25)22-13-10-9-11-14-22/h9-11,13-14,16-21H,4-8,12,15H2,1-3H3. The lowest BCUT2D eigenvalue weighted by Crippen LogP contribution is -2.03. The molecule has 0 radical (unpaired) electrons. The van der Waals surface area contributed by atoms with Gasteiger partial charge in [-0.2, -0.15) is 0 Å². The first-order valence-electron chi connectivity index (χ1n) is 11.1. The third-order valence-corrected chi connectivity index (χ3v) is 5.76. The summed E-state index contributed by atoms with van der Waals surface area (Å²) in [7, 11) is 0. The van der Waals surface area contributed by atoms with E-state index in [4.69, 9.17) is 0 Å². The van der Waals surface area contributed by atoms with E-state index in [1.807, 2.05) is 0 Å². The second-order valence-electron chi connectivity index (χ2n) is 7.73. The van der Waals surface area contributed by atoms with Gasteiger partial charge < -0.3 is 0 Å². The van der Waals surface area contributed by atoms with Gasteiger partial charge in [-0.05, 0) is 71.0 Å². The Morgan fingerprint density at radius 1 is 0.536 bits per heavy atom. The molecule has 0 amide bonds. The van der Waals surface area contributed by atoms with Gasteiger partial charge in [0.05, 0.1) is 0 Å². The largest absolute Gasteiger partial charge is 0.0654 e. The summed E-state index contributed by atoms with van der Waals surface area (Å²) in [6, 6.07) is 24.6. The van der Waals surface area contributed by atoms with Crippen LogP contribution >= 0.6 is 0 Å². The second kappa shape index (κ2) is 10.3. The Morgan fingerprint density at radius 2 is 1.14 bits per heavy atom. The number of rotatable bonds is 9. The molecule has 0 aliphatic carbocycles. The van der Waals surface area contributed by atoms with Crippen molar-refractivity contribution in [2.45, 2.75) is 65.7 Å². The zero-order valence-corrected chi connectivity index (χ0v) is 17.8. The molecule has 0 nitrogen and oxygen atoms in total. The van der Waals surface area contributed by atoms with E-state index in [0.717, 1.165) is 6.42 Å². The van der Waals surface area contributed by atoms with Crippen molar-refractivity contribution < 1.29 is 0 Å². The van der Waals surface area contributed by atoms with Crippen LogP contribution in [0.1, 0.15) is 63.1 Å². The molecule has 0 N–H and O–H groups in total. The topological polar surface area (TPSA) is 0 Å². The van der Waals surface area contributed by atoms with Gasteiger partial charge in [0, 0.05) is 0 Å². The van der Waals surface area contributed by atoms with Gasteiger partial charge in [-0.3, -0.25) is 0 Å². The molecule has 0 atom stereocenters. The number of hydrogen-bond acceptors (Lipinski definition) is 0. The molecule has 28 heavy (non-hydrogen) atoms. The Balaban J connectivity index is 1.99. The zero-order valence-electron chi connectivity index (χ0n) is 17.8. The predicted octanol–water partition coefficient (Wildman–Crippen LogP) is 8.27. The van der Waals surface area contributed by atoms with Gasteiger partial charge in [-0.25, -0.2) is 0 Å². The van der Waals surface area contributed by atoms with Crippen molar-refractivity contribution in [2.75, 3.05) is 0 Å². The molecule has 0 aromatic heterocycles. The first-order valence-corrected chi connectivity index (χ1v) is 11.1. The molecule has 0 heteroatoms. The van der Waals surface area contributed by atoms with Crippen LogP contribution in [-0.4, -0.2) is 0 Å². The summed E-state index contributed by atoms with van der Waals surface area (Å²) in [6.45, 7) is 6.90. The molecule has 0 saturated heterocycles. The van der Waals surface area contributed by atoms with Crippen LogP contribution < -0.4 is 0 Å². The van der Waals surface area contributed by atoms with Gasteiger partial charge in [0.2, 0.25) is 0 Å². The van der Waals surface area contributed by atoms with Crippen LogP contribution in [0.2, 0.25) is 0 Å². The first kappa shape index (κ1) is 20.4. The summed E-state index contributed by atoms with van der Waals surface area (Å²) in [5.41, 5.74) is 10.1. The zero-order chi connectivity index (χ0) is 19.8. The molecule has 0 aliphatic heterocycles. The second-order valence-corrected chi connectivity index (χ2v) is 7.73. The minimum absolute atomic E-state index is 1.13. The lowest BCUT2D eigenvalue weighted by molar-refractivity contribution is 0.767. The Hall–Kier alpha value is -2.34. The van der Waals surface area contributed by atoms with Gasteiger partial charge in [0.25, 0.3) is 0 Å². The maximum Gasteiger partial charge on any atom is -0.0149 e. The highest BCUT2D eigenvalue weighted by Gasteiger charge is 2.13. The van der Waals surface area contributed by atoms with E-state index < -0.39 is 0 Å². The van der Waals surface area contributed by atoms with Crippen LogP contribution in [0.5, 0.6) is 0 Å². The number of unbranched alkanes of at least 4 members (excludes halogenated alkanes) is 2. The third kappa shape index (κ3) is 4.73. The van der Waals surface area contributed by atoms with Gasteiger partial charge in [0.15, 0.2) is 0 Å². The van der Waals surface area contributed by atoms with E-state index in [1.165, 1.54) is 60.8 Å². The molecule has 0 saturated carbocycles. The quantitative estimate of drug-likeness (QED) is 0.355. The van der Waals surface area contributed by atoms with Crippen LogP contribution in [0.25, 0.3) is 22.3 Å².